The number of morpholine rings is 1. The fourth-order valence-corrected chi connectivity index (χ4v) is 4.96. The standard InChI is InChI=1S/C17H26ClN3O3S/c18-16-8-4-3-7-15(16)17(21-9-11-24-12-10-21)13-19-25(22,23)20-14-5-1-2-6-14/h3-4,7-8,14,17,19-20H,1-2,5-6,9-13H2. The van der Waals surface area contributed by atoms with Crippen LogP contribution < -0.4 is 9.44 Å². The van der Waals surface area contributed by atoms with Crippen LogP contribution in [0.15, 0.2) is 24.3 Å². The third-order valence-electron chi connectivity index (χ3n) is 4.89. The van der Waals surface area contributed by atoms with Gasteiger partial charge in [0.05, 0.1) is 19.3 Å². The van der Waals surface area contributed by atoms with Crippen LogP contribution in [0.1, 0.15) is 37.3 Å². The van der Waals surface area contributed by atoms with Gasteiger partial charge in [0.2, 0.25) is 0 Å². The Balaban J connectivity index is 1.70. The predicted molar refractivity (Wildman–Crippen MR) is 98.9 cm³/mol. The molecular weight excluding hydrogens is 362 g/mol. The minimum absolute atomic E-state index is 0.0552. The summed E-state index contributed by atoms with van der Waals surface area (Å²) in [5, 5.41) is 0.655. The van der Waals surface area contributed by atoms with E-state index < -0.39 is 10.2 Å². The average molecular weight is 388 g/mol. The van der Waals surface area contributed by atoms with Gasteiger partial charge in [-0.3, -0.25) is 4.90 Å². The number of hydrogen-bond acceptors (Lipinski definition) is 4. The molecule has 1 atom stereocenters. The molecular formula is C17H26ClN3O3S. The topological polar surface area (TPSA) is 70.7 Å². The molecule has 2 N–H and O–H groups in total. The fraction of sp³-hybridized carbons (Fsp3) is 0.647. The van der Waals surface area contributed by atoms with Crippen molar-refractivity contribution >= 4 is 21.8 Å². The number of nitrogens with one attached hydrogen (secondary N) is 2. The highest BCUT2D eigenvalue weighted by molar-refractivity contribution is 7.87. The maximum absolute atomic E-state index is 12.4. The zero-order valence-corrected chi connectivity index (χ0v) is 15.9. The first kappa shape index (κ1) is 19.1. The van der Waals surface area contributed by atoms with Crippen LogP contribution in [-0.2, 0) is 14.9 Å². The van der Waals surface area contributed by atoms with Crippen molar-refractivity contribution in [1.82, 2.24) is 14.3 Å². The quantitative estimate of drug-likeness (QED) is 0.751. The van der Waals surface area contributed by atoms with Gasteiger partial charge in [0.1, 0.15) is 0 Å². The molecule has 2 fully saturated rings. The van der Waals surface area contributed by atoms with E-state index in [4.69, 9.17) is 16.3 Å². The molecule has 1 heterocycles. The van der Waals surface area contributed by atoms with Crippen LogP contribution in [0, 0.1) is 0 Å². The molecule has 8 heteroatoms. The Morgan fingerprint density at radius 2 is 1.88 bits per heavy atom. The SMILES string of the molecule is O=S(=O)(NCC(c1ccccc1Cl)N1CCOCC1)NC1CCCC1. The summed E-state index contributed by atoms with van der Waals surface area (Å²) in [6.45, 7) is 3.09. The molecule has 0 amide bonds. The van der Waals surface area contributed by atoms with Crippen molar-refractivity contribution in [3.8, 4) is 0 Å². The zero-order chi connectivity index (χ0) is 17.7. The van der Waals surface area contributed by atoms with Crippen LogP contribution in [-0.4, -0.2) is 52.2 Å². The summed E-state index contributed by atoms with van der Waals surface area (Å²) >= 11 is 6.37. The van der Waals surface area contributed by atoms with E-state index in [0.29, 0.717) is 18.2 Å². The fourth-order valence-electron chi connectivity index (χ4n) is 3.56. The average Bonchev–Trinajstić information content (AvgIpc) is 3.09. The van der Waals surface area contributed by atoms with Crippen LogP contribution in [0.3, 0.4) is 0 Å². The van der Waals surface area contributed by atoms with Gasteiger partial charge >= 0.3 is 0 Å². The van der Waals surface area contributed by atoms with Gasteiger partial charge in [-0.15, -0.1) is 0 Å². The molecule has 1 aliphatic heterocycles. The van der Waals surface area contributed by atoms with Gasteiger partial charge in [-0.25, -0.2) is 4.72 Å². The van der Waals surface area contributed by atoms with E-state index in [2.05, 4.69) is 14.3 Å². The van der Waals surface area contributed by atoms with Crippen LogP contribution in [0.25, 0.3) is 0 Å². The van der Waals surface area contributed by atoms with Crippen molar-refractivity contribution in [3.63, 3.8) is 0 Å². The number of rotatable bonds is 7. The Labute approximate surface area is 155 Å². The molecule has 1 saturated carbocycles. The molecule has 0 spiro atoms. The van der Waals surface area contributed by atoms with Crippen molar-refractivity contribution in [2.24, 2.45) is 0 Å². The van der Waals surface area contributed by atoms with Gasteiger partial charge in [-0.1, -0.05) is 42.6 Å². The lowest BCUT2D eigenvalue weighted by molar-refractivity contribution is 0.0172. The number of benzene rings is 1. The van der Waals surface area contributed by atoms with Crippen molar-refractivity contribution in [2.45, 2.75) is 37.8 Å². The van der Waals surface area contributed by atoms with E-state index in [1.807, 2.05) is 24.3 Å². The first-order chi connectivity index (χ1) is 12.1. The second-order valence-electron chi connectivity index (χ2n) is 6.64. The second-order valence-corrected chi connectivity index (χ2v) is 8.58. The van der Waals surface area contributed by atoms with Crippen LogP contribution in [0.4, 0.5) is 0 Å². The largest absolute Gasteiger partial charge is 0.379 e. The highest BCUT2D eigenvalue weighted by Gasteiger charge is 2.27. The van der Waals surface area contributed by atoms with Crippen molar-refractivity contribution in [3.05, 3.63) is 34.9 Å². The summed E-state index contributed by atoms with van der Waals surface area (Å²) in [7, 11) is -3.52. The molecule has 1 unspecified atom stereocenters. The lowest BCUT2D eigenvalue weighted by Crippen LogP contribution is -2.47. The Morgan fingerprint density at radius 1 is 1.20 bits per heavy atom. The van der Waals surface area contributed by atoms with E-state index in [9.17, 15) is 8.42 Å². The van der Waals surface area contributed by atoms with Gasteiger partial charge in [-0.2, -0.15) is 13.1 Å². The molecule has 140 valence electrons. The van der Waals surface area contributed by atoms with Crippen LogP contribution in [0.5, 0.6) is 0 Å². The lowest BCUT2D eigenvalue weighted by atomic mass is 10.0. The molecule has 25 heavy (non-hydrogen) atoms. The monoisotopic (exact) mass is 387 g/mol. The number of nitrogens with zero attached hydrogens (tertiary/aromatic N) is 1. The van der Waals surface area contributed by atoms with E-state index in [1.165, 1.54) is 0 Å². The van der Waals surface area contributed by atoms with E-state index in [0.717, 1.165) is 44.3 Å². The Kier molecular flexibility index (Phi) is 6.71. The van der Waals surface area contributed by atoms with Crippen molar-refractivity contribution < 1.29 is 13.2 Å². The predicted octanol–water partition coefficient (Wildman–Crippen LogP) is 2.08. The summed E-state index contributed by atoms with van der Waals surface area (Å²) in [5.74, 6) is 0. The van der Waals surface area contributed by atoms with E-state index >= 15 is 0 Å². The lowest BCUT2D eigenvalue weighted by Gasteiger charge is -2.35. The molecule has 1 saturated heterocycles. The molecule has 0 bridgehead atoms. The normalized spacial score (nSPS) is 21.5. The highest BCUT2D eigenvalue weighted by Crippen LogP contribution is 2.28. The van der Waals surface area contributed by atoms with Crippen LogP contribution >= 0.6 is 11.6 Å². The van der Waals surface area contributed by atoms with Gasteiger partial charge in [-0.05, 0) is 24.5 Å². The number of halogens is 1. The third kappa shape index (κ3) is 5.39. The van der Waals surface area contributed by atoms with Gasteiger partial charge in [0.15, 0.2) is 0 Å². The smallest absolute Gasteiger partial charge is 0.277 e. The maximum Gasteiger partial charge on any atom is 0.277 e. The molecule has 2 aliphatic rings. The Bertz CT molecular complexity index is 659. The molecule has 1 aromatic rings. The van der Waals surface area contributed by atoms with Gasteiger partial charge in [0, 0.05) is 30.7 Å². The molecule has 6 nitrogen and oxygen atoms in total. The number of hydrogen-bond donors (Lipinski definition) is 2. The maximum atomic E-state index is 12.4. The van der Waals surface area contributed by atoms with Crippen molar-refractivity contribution in [1.29, 1.82) is 0 Å². The first-order valence-corrected chi connectivity index (χ1v) is 10.7. The Hall–Kier alpha value is -0.700. The third-order valence-corrected chi connectivity index (χ3v) is 6.43. The summed E-state index contributed by atoms with van der Waals surface area (Å²) in [6.07, 6.45) is 4.00. The zero-order valence-electron chi connectivity index (χ0n) is 14.3. The summed E-state index contributed by atoms with van der Waals surface area (Å²) in [4.78, 5) is 2.23. The molecule has 1 aromatic carbocycles. The number of ether oxygens (including phenoxy) is 1. The highest BCUT2D eigenvalue weighted by atomic mass is 35.5. The minimum atomic E-state index is -3.52. The van der Waals surface area contributed by atoms with Crippen molar-refractivity contribution in [2.75, 3.05) is 32.8 Å². The van der Waals surface area contributed by atoms with Crippen LogP contribution in [0.2, 0.25) is 5.02 Å². The summed E-state index contributed by atoms with van der Waals surface area (Å²) in [5.41, 5.74) is 0.939. The minimum Gasteiger partial charge on any atom is -0.379 e. The van der Waals surface area contributed by atoms with Gasteiger partial charge < -0.3 is 4.74 Å². The Morgan fingerprint density at radius 3 is 2.56 bits per heavy atom. The van der Waals surface area contributed by atoms with E-state index in [-0.39, 0.29) is 18.6 Å². The molecule has 1 aliphatic carbocycles. The summed E-state index contributed by atoms with van der Waals surface area (Å²) in [6, 6.07) is 7.56. The van der Waals surface area contributed by atoms with E-state index in [1.54, 1.807) is 0 Å². The molecule has 0 radical (unpaired) electrons. The molecule has 0 aromatic heterocycles. The molecule has 3 rings (SSSR count). The second kappa shape index (κ2) is 8.79. The van der Waals surface area contributed by atoms with Gasteiger partial charge in [0.25, 0.3) is 10.2 Å². The summed E-state index contributed by atoms with van der Waals surface area (Å²) < 4.78 is 35.7. The first-order valence-electron chi connectivity index (χ1n) is 8.88.